The van der Waals surface area contributed by atoms with Crippen molar-refractivity contribution < 1.29 is 4.39 Å². The summed E-state index contributed by atoms with van der Waals surface area (Å²) >= 11 is 0. The second-order valence-corrected chi connectivity index (χ2v) is 4.94. The van der Waals surface area contributed by atoms with Crippen molar-refractivity contribution in [3.8, 4) is 0 Å². The van der Waals surface area contributed by atoms with E-state index in [1.54, 1.807) is 12.1 Å². The molecule has 0 aliphatic heterocycles. The Balaban J connectivity index is 2.28. The highest BCUT2D eigenvalue weighted by Gasteiger charge is 2.13. The maximum atomic E-state index is 13.7. The van der Waals surface area contributed by atoms with E-state index in [4.69, 9.17) is 5.84 Å². The lowest BCUT2D eigenvalue weighted by Crippen LogP contribution is -2.30. The second-order valence-electron chi connectivity index (χ2n) is 4.94. The van der Waals surface area contributed by atoms with E-state index in [-0.39, 0.29) is 11.9 Å². The van der Waals surface area contributed by atoms with Crippen LogP contribution >= 0.6 is 0 Å². The summed E-state index contributed by atoms with van der Waals surface area (Å²) in [6.07, 6.45) is 0.534. The number of hydrogen-bond acceptors (Lipinski definition) is 2. The van der Waals surface area contributed by atoms with Gasteiger partial charge in [-0.1, -0.05) is 47.5 Å². The van der Waals surface area contributed by atoms with Gasteiger partial charge in [0, 0.05) is 0 Å². The van der Waals surface area contributed by atoms with Crippen molar-refractivity contribution in [2.75, 3.05) is 0 Å². The lowest BCUT2D eigenvalue weighted by molar-refractivity contribution is 0.528. The predicted octanol–water partition coefficient (Wildman–Crippen LogP) is 3.19. The molecular formula is C16H19FN2. The van der Waals surface area contributed by atoms with Crippen LogP contribution in [0.3, 0.4) is 0 Å². The Morgan fingerprint density at radius 1 is 1.11 bits per heavy atom. The Bertz CT molecular complexity index is 546. The molecule has 0 bridgehead atoms. The van der Waals surface area contributed by atoms with Gasteiger partial charge in [0.2, 0.25) is 0 Å². The van der Waals surface area contributed by atoms with Gasteiger partial charge in [-0.2, -0.15) is 0 Å². The average molecular weight is 258 g/mol. The minimum Gasteiger partial charge on any atom is -0.271 e. The van der Waals surface area contributed by atoms with E-state index in [1.165, 1.54) is 17.2 Å². The van der Waals surface area contributed by atoms with Crippen molar-refractivity contribution in [2.45, 2.75) is 26.3 Å². The van der Waals surface area contributed by atoms with Crippen LogP contribution in [0, 0.1) is 19.7 Å². The quantitative estimate of drug-likeness (QED) is 0.653. The first kappa shape index (κ1) is 13.7. The zero-order chi connectivity index (χ0) is 13.8. The summed E-state index contributed by atoms with van der Waals surface area (Å²) in [4.78, 5) is 0. The Morgan fingerprint density at radius 2 is 1.74 bits per heavy atom. The molecule has 0 aliphatic rings. The lowest BCUT2D eigenvalue weighted by atomic mass is 9.96. The van der Waals surface area contributed by atoms with Gasteiger partial charge in [-0.15, -0.1) is 0 Å². The van der Waals surface area contributed by atoms with Crippen molar-refractivity contribution in [2.24, 2.45) is 5.84 Å². The van der Waals surface area contributed by atoms with E-state index in [0.717, 1.165) is 5.56 Å². The van der Waals surface area contributed by atoms with Crippen LogP contribution in [0.1, 0.15) is 28.3 Å². The van der Waals surface area contributed by atoms with Gasteiger partial charge in [0.25, 0.3) is 0 Å². The van der Waals surface area contributed by atoms with Crippen molar-refractivity contribution in [1.82, 2.24) is 5.43 Å². The van der Waals surface area contributed by atoms with Gasteiger partial charge >= 0.3 is 0 Å². The molecule has 3 heteroatoms. The molecule has 0 aromatic heterocycles. The lowest BCUT2D eigenvalue weighted by Gasteiger charge is -2.18. The maximum absolute atomic E-state index is 13.7. The van der Waals surface area contributed by atoms with Gasteiger partial charge < -0.3 is 0 Å². The minimum atomic E-state index is -0.188. The number of hydrogen-bond donors (Lipinski definition) is 2. The van der Waals surface area contributed by atoms with E-state index < -0.39 is 0 Å². The van der Waals surface area contributed by atoms with Gasteiger partial charge in [-0.25, -0.2) is 4.39 Å². The first-order chi connectivity index (χ1) is 9.10. The summed E-state index contributed by atoms with van der Waals surface area (Å²) in [6.45, 7) is 4.10. The molecule has 0 saturated heterocycles. The second kappa shape index (κ2) is 5.95. The van der Waals surface area contributed by atoms with E-state index in [9.17, 15) is 4.39 Å². The van der Waals surface area contributed by atoms with Crippen molar-refractivity contribution in [3.63, 3.8) is 0 Å². The van der Waals surface area contributed by atoms with Crippen LogP contribution in [0.4, 0.5) is 4.39 Å². The summed E-state index contributed by atoms with van der Waals surface area (Å²) in [5.41, 5.74) is 6.91. The number of benzene rings is 2. The minimum absolute atomic E-state index is 0.0875. The third-order valence-electron chi connectivity index (χ3n) is 3.23. The zero-order valence-electron chi connectivity index (χ0n) is 11.3. The SMILES string of the molecule is Cc1cc(C)cc(C(Cc2ccccc2F)NN)c1. The molecule has 1 atom stereocenters. The molecule has 2 aromatic carbocycles. The van der Waals surface area contributed by atoms with E-state index in [2.05, 4.69) is 23.6 Å². The van der Waals surface area contributed by atoms with E-state index >= 15 is 0 Å². The van der Waals surface area contributed by atoms with Gasteiger partial charge in [0.05, 0.1) is 6.04 Å². The predicted molar refractivity (Wildman–Crippen MR) is 76.1 cm³/mol. The highest BCUT2D eigenvalue weighted by molar-refractivity contribution is 5.32. The number of rotatable bonds is 4. The van der Waals surface area contributed by atoms with Crippen molar-refractivity contribution in [3.05, 3.63) is 70.5 Å². The third-order valence-corrected chi connectivity index (χ3v) is 3.23. The topological polar surface area (TPSA) is 38.0 Å². The summed E-state index contributed by atoms with van der Waals surface area (Å²) in [5.74, 6) is 5.44. The molecule has 0 heterocycles. The number of halogens is 1. The molecular weight excluding hydrogens is 239 g/mol. The monoisotopic (exact) mass is 258 g/mol. The molecule has 2 rings (SSSR count). The molecule has 19 heavy (non-hydrogen) atoms. The number of nitrogens with one attached hydrogen (secondary N) is 1. The number of aryl methyl sites for hydroxylation is 2. The van der Waals surface area contributed by atoms with Crippen LogP contribution in [0.25, 0.3) is 0 Å². The molecule has 2 aromatic rings. The molecule has 0 amide bonds. The number of nitrogens with two attached hydrogens (primary N) is 1. The standard InChI is InChI=1S/C16H19FN2/c1-11-7-12(2)9-14(8-11)16(19-18)10-13-5-3-4-6-15(13)17/h3-9,16,19H,10,18H2,1-2H3. The largest absolute Gasteiger partial charge is 0.271 e. The van der Waals surface area contributed by atoms with Crippen LogP contribution < -0.4 is 11.3 Å². The summed E-state index contributed by atoms with van der Waals surface area (Å²) in [7, 11) is 0. The molecule has 0 aliphatic carbocycles. The van der Waals surface area contributed by atoms with Gasteiger partial charge in [0.1, 0.15) is 5.82 Å². The van der Waals surface area contributed by atoms with Crippen LogP contribution in [-0.4, -0.2) is 0 Å². The van der Waals surface area contributed by atoms with E-state index in [1.807, 2.05) is 19.9 Å². The van der Waals surface area contributed by atoms with Gasteiger partial charge in [-0.3, -0.25) is 11.3 Å². The van der Waals surface area contributed by atoms with Crippen LogP contribution in [0.15, 0.2) is 42.5 Å². The van der Waals surface area contributed by atoms with Gasteiger partial charge in [0.15, 0.2) is 0 Å². The fraction of sp³-hybridized carbons (Fsp3) is 0.250. The molecule has 0 radical (unpaired) electrons. The van der Waals surface area contributed by atoms with Crippen LogP contribution in [0.2, 0.25) is 0 Å². The summed E-state index contributed by atoms with van der Waals surface area (Å²) in [5, 5.41) is 0. The Hall–Kier alpha value is -1.71. The van der Waals surface area contributed by atoms with Crippen LogP contribution in [0.5, 0.6) is 0 Å². The smallest absolute Gasteiger partial charge is 0.126 e. The molecule has 0 saturated carbocycles. The fourth-order valence-corrected chi connectivity index (χ4v) is 2.37. The summed E-state index contributed by atoms with van der Waals surface area (Å²) in [6, 6.07) is 13.0. The van der Waals surface area contributed by atoms with Gasteiger partial charge in [-0.05, 0) is 37.5 Å². The normalized spacial score (nSPS) is 12.4. The highest BCUT2D eigenvalue weighted by atomic mass is 19.1. The van der Waals surface area contributed by atoms with Crippen LogP contribution in [-0.2, 0) is 6.42 Å². The molecule has 2 nitrogen and oxygen atoms in total. The fourth-order valence-electron chi connectivity index (χ4n) is 2.37. The average Bonchev–Trinajstić information content (AvgIpc) is 2.36. The zero-order valence-corrected chi connectivity index (χ0v) is 11.3. The van der Waals surface area contributed by atoms with Crippen molar-refractivity contribution >= 4 is 0 Å². The van der Waals surface area contributed by atoms with Crippen molar-refractivity contribution in [1.29, 1.82) is 0 Å². The molecule has 0 fully saturated rings. The molecule has 0 spiro atoms. The third kappa shape index (κ3) is 3.40. The van der Waals surface area contributed by atoms with E-state index in [0.29, 0.717) is 12.0 Å². The Morgan fingerprint density at radius 3 is 2.32 bits per heavy atom. The summed E-state index contributed by atoms with van der Waals surface area (Å²) < 4.78 is 13.7. The molecule has 100 valence electrons. The molecule has 3 N–H and O–H groups in total. The highest BCUT2D eigenvalue weighted by Crippen LogP contribution is 2.21. The number of hydrazine groups is 1. The first-order valence-corrected chi connectivity index (χ1v) is 6.38. The molecule has 1 unspecified atom stereocenters. The first-order valence-electron chi connectivity index (χ1n) is 6.38. The Kier molecular flexibility index (Phi) is 4.30. The maximum Gasteiger partial charge on any atom is 0.126 e. The Labute approximate surface area is 113 Å².